The molecule has 3 rings (SSSR count). The van der Waals surface area contributed by atoms with Crippen LogP contribution in [0.1, 0.15) is 12.5 Å². The summed E-state index contributed by atoms with van der Waals surface area (Å²) >= 11 is 1.15. The van der Waals surface area contributed by atoms with Crippen LogP contribution < -0.4 is 9.54 Å². The highest BCUT2D eigenvalue weighted by atomic mass is 32.1. The number of nitrogens with zero attached hydrogens (tertiary/aromatic N) is 2. The number of ether oxygens (including phenoxy) is 2. The van der Waals surface area contributed by atoms with Gasteiger partial charge in [-0.2, -0.15) is 4.99 Å². The summed E-state index contributed by atoms with van der Waals surface area (Å²) in [6, 6.07) is 11.8. The van der Waals surface area contributed by atoms with Crippen LogP contribution in [0.3, 0.4) is 0 Å². The normalized spacial score (nSPS) is 11.6. The summed E-state index contributed by atoms with van der Waals surface area (Å²) in [5, 5.41) is 0. The molecule has 6 nitrogen and oxygen atoms in total. The lowest BCUT2D eigenvalue weighted by Gasteiger charge is -2.05. The molecule has 0 fully saturated rings. The van der Waals surface area contributed by atoms with E-state index in [4.69, 9.17) is 4.74 Å². The van der Waals surface area contributed by atoms with Crippen LogP contribution in [0.2, 0.25) is 0 Å². The molecule has 0 N–H and O–H groups in total. The van der Waals surface area contributed by atoms with Gasteiger partial charge >= 0.3 is 5.97 Å². The molecule has 2 aromatic carbocycles. The Hall–Kier alpha value is -3.00. The van der Waals surface area contributed by atoms with Gasteiger partial charge in [0.05, 0.1) is 30.4 Å². The van der Waals surface area contributed by atoms with E-state index < -0.39 is 17.7 Å². The number of hydrogen-bond donors (Lipinski definition) is 0. The number of thiazole rings is 1. The standard InChI is InChI=1S/C20H19FN2O4S/c1-3-27-14-9-7-13(8-10-14)11-17(24)22-20-23(12-18(25)26-2)19-15(21)5-4-6-16(19)28-20/h4-10H,3,11-12H2,1-2H3. The van der Waals surface area contributed by atoms with Gasteiger partial charge in [0.1, 0.15) is 18.1 Å². The van der Waals surface area contributed by atoms with Crippen LogP contribution in [-0.4, -0.2) is 30.2 Å². The van der Waals surface area contributed by atoms with Gasteiger partial charge in [-0.1, -0.05) is 29.5 Å². The van der Waals surface area contributed by atoms with E-state index in [1.807, 2.05) is 6.92 Å². The highest BCUT2D eigenvalue weighted by molar-refractivity contribution is 7.16. The molecule has 0 aliphatic carbocycles. The van der Waals surface area contributed by atoms with Gasteiger partial charge in [-0.3, -0.25) is 9.59 Å². The molecular formula is C20H19FN2O4S. The third-order valence-corrected chi connectivity index (χ3v) is 5.02. The fourth-order valence-corrected chi connectivity index (χ4v) is 3.76. The first kappa shape index (κ1) is 19.8. The molecule has 8 heteroatoms. The average molecular weight is 402 g/mol. The number of rotatable bonds is 6. The molecule has 28 heavy (non-hydrogen) atoms. The van der Waals surface area contributed by atoms with Crippen LogP contribution in [0.25, 0.3) is 10.2 Å². The predicted octanol–water partition coefficient (Wildman–Crippen LogP) is 3.08. The van der Waals surface area contributed by atoms with E-state index in [1.54, 1.807) is 36.4 Å². The molecule has 1 aromatic heterocycles. The number of benzene rings is 2. The fraction of sp³-hybridized carbons (Fsp3) is 0.250. The van der Waals surface area contributed by atoms with E-state index in [2.05, 4.69) is 9.73 Å². The van der Waals surface area contributed by atoms with Crippen molar-refractivity contribution in [2.45, 2.75) is 19.9 Å². The second-order valence-electron chi connectivity index (χ2n) is 5.89. The maximum absolute atomic E-state index is 14.3. The highest BCUT2D eigenvalue weighted by Crippen LogP contribution is 2.20. The minimum Gasteiger partial charge on any atom is -0.494 e. The van der Waals surface area contributed by atoms with Gasteiger partial charge in [-0.05, 0) is 36.8 Å². The van der Waals surface area contributed by atoms with Crippen LogP contribution in [0.15, 0.2) is 47.5 Å². The summed E-state index contributed by atoms with van der Waals surface area (Å²) in [7, 11) is 1.25. The minimum atomic E-state index is -0.552. The molecule has 0 bridgehead atoms. The van der Waals surface area contributed by atoms with E-state index in [0.717, 1.165) is 22.6 Å². The molecule has 0 spiro atoms. The number of halogens is 1. The molecule has 0 saturated carbocycles. The molecule has 1 amide bonds. The van der Waals surface area contributed by atoms with E-state index in [9.17, 15) is 14.0 Å². The van der Waals surface area contributed by atoms with Crippen LogP contribution in [0.4, 0.5) is 4.39 Å². The molecule has 0 radical (unpaired) electrons. The van der Waals surface area contributed by atoms with Crippen molar-refractivity contribution in [3.05, 3.63) is 58.6 Å². The third-order valence-electron chi connectivity index (χ3n) is 3.98. The zero-order valence-corrected chi connectivity index (χ0v) is 16.3. The van der Waals surface area contributed by atoms with E-state index in [0.29, 0.717) is 11.3 Å². The Bertz CT molecular complexity index is 1070. The van der Waals surface area contributed by atoms with Crippen molar-refractivity contribution in [1.29, 1.82) is 0 Å². The third kappa shape index (κ3) is 4.45. The molecule has 146 valence electrons. The number of aromatic nitrogens is 1. The summed E-state index contributed by atoms with van der Waals surface area (Å²) in [5.41, 5.74) is 1.01. The maximum atomic E-state index is 14.3. The van der Waals surface area contributed by atoms with Gasteiger partial charge in [-0.15, -0.1) is 0 Å². The summed E-state index contributed by atoms with van der Waals surface area (Å²) in [5.74, 6) is -0.706. The number of methoxy groups -OCH3 is 1. The van der Waals surface area contributed by atoms with E-state index in [-0.39, 0.29) is 23.3 Å². The Kier molecular flexibility index (Phi) is 6.20. The molecule has 0 atom stereocenters. The molecule has 0 saturated heterocycles. The molecule has 1 heterocycles. The van der Waals surface area contributed by atoms with Crippen molar-refractivity contribution in [2.75, 3.05) is 13.7 Å². The second kappa shape index (κ2) is 8.79. The van der Waals surface area contributed by atoms with Crippen molar-refractivity contribution < 1.29 is 23.5 Å². The Balaban J connectivity index is 1.93. The summed E-state index contributed by atoms with van der Waals surface area (Å²) in [6.45, 7) is 2.23. The maximum Gasteiger partial charge on any atom is 0.325 e. The summed E-state index contributed by atoms with van der Waals surface area (Å²) in [6.07, 6.45) is 0.0847. The molecule has 0 aliphatic rings. The van der Waals surface area contributed by atoms with Crippen molar-refractivity contribution in [3.8, 4) is 5.75 Å². The Morgan fingerprint density at radius 2 is 1.93 bits per heavy atom. The Morgan fingerprint density at radius 1 is 1.18 bits per heavy atom. The molecule has 0 unspecified atom stereocenters. The van der Waals surface area contributed by atoms with Gasteiger partial charge in [0.2, 0.25) is 0 Å². The lowest BCUT2D eigenvalue weighted by molar-refractivity contribution is -0.141. The molecule has 0 aliphatic heterocycles. The first-order chi connectivity index (χ1) is 13.5. The first-order valence-corrected chi connectivity index (χ1v) is 9.47. The van der Waals surface area contributed by atoms with Crippen molar-refractivity contribution >= 4 is 33.4 Å². The van der Waals surface area contributed by atoms with E-state index >= 15 is 0 Å². The van der Waals surface area contributed by atoms with Crippen LogP contribution in [-0.2, 0) is 27.3 Å². The monoisotopic (exact) mass is 402 g/mol. The largest absolute Gasteiger partial charge is 0.494 e. The van der Waals surface area contributed by atoms with Gasteiger partial charge in [0.25, 0.3) is 5.91 Å². The highest BCUT2D eigenvalue weighted by Gasteiger charge is 2.15. The van der Waals surface area contributed by atoms with Crippen molar-refractivity contribution in [2.24, 2.45) is 4.99 Å². The first-order valence-electron chi connectivity index (χ1n) is 8.65. The van der Waals surface area contributed by atoms with Crippen LogP contribution >= 0.6 is 11.3 Å². The number of fused-ring (bicyclic) bond motifs is 1. The summed E-state index contributed by atoms with van der Waals surface area (Å²) in [4.78, 5) is 28.6. The number of amides is 1. The quantitative estimate of drug-likeness (QED) is 0.594. The predicted molar refractivity (Wildman–Crippen MR) is 104 cm³/mol. The lowest BCUT2D eigenvalue weighted by atomic mass is 10.1. The molecule has 3 aromatic rings. The van der Waals surface area contributed by atoms with Gasteiger partial charge in [0.15, 0.2) is 4.80 Å². The van der Waals surface area contributed by atoms with Crippen molar-refractivity contribution in [1.82, 2.24) is 4.57 Å². The number of carbonyl (C=O) groups is 2. The SMILES string of the molecule is CCOc1ccc(CC(=O)N=c2sc3cccc(F)c3n2CC(=O)OC)cc1. The topological polar surface area (TPSA) is 69.9 Å². The Labute approximate surface area is 164 Å². The summed E-state index contributed by atoms with van der Waals surface area (Å²) < 4.78 is 26.3. The van der Waals surface area contributed by atoms with Crippen molar-refractivity contribution in [3.63, 3.8) is 0 Å². The van der Waals surface area contributed by atoms with E-state index in [1.165, 1.54) is 17.7 Å². The van der Waals surface area contributed by atoms with Gasteiger partial charge in [-0.25, -0.2) is 4.39 Å². The lowest BCUT2D eigenvalue weighted by Crippen LogP contribution is -2.23. The average Bonchev–Trinajstić information content (AvgIpc) is 3.01. The Morgan fingerprint density at radius 3 is 2.61 bits per heavy atom. The van der Waals surface area contributed by atoms with Crippen LogP contribution in [0, 0.1) is 5.82 Å². The number of esters is 1. The zero-order valence-electron chi connectivity index (χ0n) is 15.5. The second-order valence-corrected chi connectivity index (χ2v) is 6.90. The zero-order chi connectivity index (χ0) is 20.1. The van der Waals surface area contributed by atoms with Gasteiger partial charge < -0.3 is 14.0 Å². The smallest absolute Gasteiger partial charge is 0.325 e. The molecular weight excluding hydrogens is 383 g/mol. The van der Waals surface area contributed by atoms with Gasteiger partial charge in [0, 0.05) is 0 Å². The number of para-hydroxylation sites is 1. The number of hydrogen-bond acceptors (Lipinski definition) is 5. The minimum absolute atomic E-state index is 0.0847. The number of carbonyl (C=O) groups excluding carboxylic acids is 2. The van der Waals surface area contributed by atoms with Crippen LogP contribution in [0.5, 0.6) is 5.75 Å². The fourth-order valence-electron chi connectivity index (χ4n) is 2.70.